The van der Waals surface area contributed by atoms with Crippen LogP contribution >= 0.6 is 11.6 Å². The van der Waals surface area contributed by atoms with E-state index in [2.05, 4.69) is 10.4 Å². The number of amides is 1. The molecule has 144 valence electrons. The van der Waals surface area contributed by atoms with E-state index in [-0.39, 0.29) is 5.91 Å². The van der Waals surface area contributed by atoms with Crippen LogP contribution in [0.3, 0.4) is 0 Å². The molecule has 0 saturated carbocycles. The third kappa shape index (κ3) is 3.55. The molecule has 0 bridgehead atoms. The first-order valence-electron chi connectivity index (χ1n) is 9.16. The Hall–Kier alpha value is -2.99. The number of halogens is 1. The highest BCUT2D eigenvalue weighted by molar-refractivity contribution is 6.32. The first-order valence-corrected chi connectivity index (χ1v) is 9.53. The molecule has 2 heterocycles. The van der Waals surface area contributed by atoms with Crippen LogP contribution in [0.1, 0.15) is 28.5 Å². The number of ether oxygens (including phenoxy) is 2. The molecule has 0 atom stereocenters. The minimum atomic E-state index is -0.176. The zero-order valence-corrected chi connectivity index (χ0v) is 16.2. The van der Waals surface area contributed by atoms with Crippen LogP contribution in [-0.4, -0.2) is 28.9 Å². The summed E-state index contributed by atoms with van der Waals surface area (Å²) in [6, 6.07) is 13.4. The van der Waals surface area contributed by atoms with Crippen molar-refractivity contribution in [2.45, 2.75) is 19.9 Å². The average Bonchev–Trinajstić information content (AvgIpc) is 3.17. The van der Waals surface area contributed by atoms with E-state index in [4.69, 9.17) is 21.1 Å². The van der Waals surface area contributed by atoms with Crippen LogP contribution < -0.4 is 14.8 Å². The van der Waals surface area contributed by atoms with Crippen LogP contribution in [0.25, 0.3) is 5.69 Å². The van der Waals surface area contributed by atoms with Crippen LogP contribution in [-0.2, 0) is 13.0 Å². The maximum Gasteiger partial charge on any atom is 0.255 e. The second-order valence-electron chi connectivity index (χ2n) is 6.39. The Balaban J connectivity index is 1.52. The first kappa shape index (κ1) is 18.4. The van der Waals surface area contributed by atoms with Gasteiger partial charge in [0.05, 0.1) is 28.2 Å². The van der Waals surface area contributed by atoms with E-state index < -0.39 is 0 Å². The monoisotopic (exact) mass is 397 g/mol. The standard InChI is InChI=1S/C21H20ClN3O3/c1-2-18-16(13-24-25(18)15-6-4-3-5-7-15)21(26)23-12-14-10-17(22)20-19(11-14)27-8-9-28-20/h3-7,10-11,13H,2,8-9,12H2,1H3,(H,23,26). The lowest BCUT2D eigenvalue weighted by atomic mass is 10.1. The molecule has 1 N–H and O–H groups in total. The Kier molecular flexibility index (Phi) is 5.21. The van der Waals surface area contributed by atoms with E-state index in [1.807, 2.05) is 43.3 Å². The second kappa shape index (κ2) is 7.94. The molecule has 1 aromatic heterocycles. The number of fused-ring (bicyclic) bond motifs is 1. The van der Waals surface area contributed by atoms with Crippen LogP contribution in [0.4, 0.5) is 0 Å². The van der Waals surface area contributed by atoms with Crippen molar-refractivity contribution in [2.24, 2.45) is 0 Å². The number of benzene rings is 2. The number of nitrogens with zero attached hydrogens (tertiary/aromatic N) is 2. The fourth-order valence-corrected chi connectivity index (χ4v) is 3.53. The number of carbonyl (C=O) groups is 1. The molecule has 0 fully saturated rings. The van der Waals surface area contributed by atoms with Gasteiger partial charge in [-0.15, -0.1) is 0 Å². The molecule has 6 nitrogen and oxygen atoms in total. The van der Waals surface area contributed by atoms with Crippen LogP contribution in [0, 0.1) is 0 Å². The van der Waals surface area contributed by atoms with Crippen LogP contribution in [0.2, 0.25) is 5.02 Å². The van der Waals surface area contributed by atoms with Gasteiger partial charge in [0.25, 0.3) is 5.91 Å². The average molecular weight is 398 g/mol. The van der Waals surface area contributed by atoms with Crippen LogP contribution in [0.15, 0.2) is 48.7 Å². The third-order valence-electron chi connectivity index (χ3n) is 4.56. The summed E-state index contributed by atoms with van der Waals surface area (Å²) in [5.41, 5.74) is 3.20. The SMILES string of the molecule is CCc1c(C(=O)NCc2cc(Cl)c3c(c2)OCCO3)cnn1-c1ccccc1. The van der Waals surface area contributed by atoms with Crippen molar-refractivity contribution in [2.75, 3.05) is 13.2 Å². The highest BCUT2D eigenvalue weighted by Gasteiger charge is 2.19. The maximum absolute atomic E-state index is 12.8. The van der Waals surface area contributed by atoms with Gasteiger partial charge in [-0.3, -0.25) is 4.79 Å². The Morgan fingerprint density at radius 2 is 2.00 bits per heavy atom. The molecule has 1 aliphatic heterocycles. The van der Waals surface area contributed by atoms with E-state index in [1.54, 1.807) is 16.9 Å². The van der Waals surface area contributed by atoms with Crippen LogP contribution in [0.5, 0.6) is 11.5 Å². The van der Waals surface area contributed by atoms with E-state index in [1.165, 1.54) is 0 Å². The van der Waals surface area contributed by atoms with E-state index in [9.17, 15) is 4.79 Å². The molecule has 3 aromatic rings. The van der Waals surface area contributed by atoms with Crippen molar-refractivity contribution in [1.82, 2.24) is 15.1 Å². The van der Waals surface area contributed by atoms with E-state index in [0.717, 1.165) is 16.9 Å². The fraction of sp³-hybridized carbons (Fsp3) is 0.238. The summed E-state index contributed by atoms with van der Waals surface area (Å²) in [5.74, 6) is 0.986. The highest BCUT2D eigenvalue weighted by Crippen LogP contribution is 2.38. The van der Waals surface area contributed by atoms with Gasteiger partial charge in [0.1, 0.15) is 13.2 Å². The van der Waals surface area contributed by atoms with E-state index in [0.29, 0.717) is 48.3 Å². The molecule has 1 aliphatic rings. The summed E-state index contributed by atoms with van der Waals surface area (Å²) in [4.78, 5) is 12.8. The largest absolute Gasteiger partial charge is 0.486 e. The van der Waals surface area contributed by atoms with E-state index >= 15 is 0 Å². The Bertz CT molecular complexity index is 1000. The molecule has 0 saturated heterocycles. The zero-order chi connectivity index (χ0) is 19.5. The molecule has 0 aliphatic carbocycles. The molecule has 0 unspecified atom stereocenters. The summed E-state index contributed by atoms with van der Waals surface area (Å²) in [6.45, 7) is 3.30. The van der Waals surface area contributed by atoms with Crippen molar-refractivity contribution in [3.05, 3.63) is 70.5 Å². The quantitative estimate of drug-likeness (QED) is 0.711. The van der Waals surface area contributed by atoms with Gasteiger partial charge in [0.15, 0.2) is 11.5 Å². The van der Waals surface area contributed by atoms with Crippen molar-refractivity contribution in [1.29, 1.82) is 0 Å². The molecule has 0 spiro atoms. The lowest BCUT2D eigenvalue weighted by molar-refractivity contribution is 0.0950. The number of hydrogen-bond donors (Lipinski definition) is 1. The maximum atomic E-state index is 12.8. The van der Waals surface area contributed by atoms with Gasteiger partial charge >= 0.3 is 0 Å². The molecule has 1 amide bonds. The summed E-state index contributed by atoms with van der Waals surface area (Å²) in [7, 11) is 0. The van der Waals surface area contributed by atoms with Gasteiger partial charge in [0.2, 0.25) is 0 Å². The highest BCUT2D eigenvalue weighted by atomic mass is 35.5. The second-order valence-corrected chi connectivity index (χ2v) is 6.80. The molecular formula is C21H20ClN3O3. The van der Waals surface area contributed by atoms with Crippen molar-refractivity contribution in [3.63, 3.8) is 0 Å². The minimum Gasteiger partial charge on any atom is -0.486 e. The predicted octanol–water partition coefficient (Wildman–Crippen LogP) is 3.79. The summed E-state index contributed by atoms with van der Waals surface area (Å²) < 4.78 is 12.9. The summed E-state index contributed by atoms with van der Waals surface area (Å²) in [5, 5.41) is 7.82. The van der Waals surface area contributed by atoms with Gasteiger partial charge in [-0.25, -0.2) is 4.68 Å². The van der Waals surface area contributed by atoms with Crippen molar-refractivity contribution >= 4 is 17.5 Å². The van der Waals surface area contributed by atoms with Gasteiger partial charge in [-0.2, -0.15) is 5.10 Å². The van der Waals surface area contributed by atoms with Crippen molar-refractivity contribution in [3.8, 4) is 17.2 Å². The molecule has 28 heavy (non-hydrogen) atoms. The lowest BCUT2D eigenvalue weighted by Crippen LogP contribution is -2.24. The van der Waals surface area contributed by atoms with Crippen molar-refractivity contribution < 1.29 is 14.3 Å². The number of para-hydroxylation sites is 1. The minimum absolute atomic E-state index is 0.176. The fourth-order valence-electron chi connectivity index (χ4n) is 3.24. The number of rotatable bonds is 5. The number of carbonyl (C=O) groups excluding carboxylic acids is 1. The Morgan fingerprint density at radius 3 is 2.79 bits per heavy atom. The normalized spacial score (nSPS) is 12.6. The van der Waals surface area contributed by atoms with Gasteiger partial charge in [-0.1, -0.05) is 36.7 Å². The summed E-state index contributed by atoms with van der Waals surface area (Å²) in [6.07, 6.45) is 2.30. The lowest BCUT2D eigenvalue weighted by Gasteiger charge is -2.20. The number of hydrogen-bond acceptors (Lipinski definition) is 4. The smallest absolute Gasteiger partial charge is 0.255 e. The van der Waals surface area contributed by atoms with Gasteiger partial charge in [0, 0.05) is 6.54 Å². The molecule has 4 rings (SSSR count). The molecule has 0 radical (unpaired) electrons. The number of aromatic nitrogens is 2. The number of nitrogens with one attached hydrogen (secondary N) is 1. The third-order valence-corrected chi connectivity index (χ3v) is 4.84. The zero-order valence-electron chi connectivity index (χ0n) is 15.4. The Labute approximate surface area is 168 Å². The molecular weight excluding hydrogens is 378 g/mol. The molecule has 7 heteroatoms. The first-order chi connectivity index (χ1) is 13.7. The topological polar surface area (TPSA) is 65.4 Å². The Morgan fingerprint density at radius 1 is 1.21 bits per heavy atom. The predicted molar refractivity (Wildman–Crippen MR) is 107 cm³/mol. The van der Waals surface area contributed by atoms with Gasteiger partial charge in [-0.05, 0) is 36.2 Å². The molecule has 2 aromatic carbocycles. The van der Waals surface area contributed by atoms with Gasteiger partial charge < -0.3 is 14.8 Å². The summed E-state index contributed by atoms with van der Waals surface area (Å²) >= 11 is 6.27.